The molecule has 0 bridgehead atoms. The van der Waals surface area contributed by atoms with Crippen molar-refractivity contribution < 1.29 is 0 Å². The number of nitrogens with one attached hydrogen (secondary N) is 1. The summed E-state index contributed by atoms with van der Waals surface area (Å²) in [5.74, 6) is 0. The van der Waals surface area contributed by atoms with Gasteiger partial charge in [-0.05, 0) is 37.6 Å². The first-order chi connectivity index (χ1) is 8.11. The number of hydrogen-bond donors (Lipinski definition) is 1. The van der Waals surface area contributed by atoms with Crippen LogP contribution >= 0.6 is 0 Å². The van der Waals surface area contributed by atoms with E-state index in [0.717, 1.165) is 5.56 Å². The highest BCUT2D eigenvalue weighted by Gasteiger charge is 2.03. The highest BCUT2D eigenvalue weighted by Crippen LogP contribution is 2.08. The molecule has 0 atom stereocenters. The lowest BCUT2D eigenvalue weighted by molar-refractivity contribution is 0.790. The van der Waals surface area contributed by atoms with E-state index in [0.29, 0.717) is 12.2 Å². The van der Waals surface area contributed by atoms with E-state index < -0.39 is 0 Å². The third-order valence-electron chi connectivity index (χ3n) is 2.89. The molecule has 0 unspecified atom stereocenters. The Morgan fingerprint density at radius 3 is 2.47 bits per heavy atom. The Morgan fingerprint density at radius 1 is 1.29 bits per heavy atom. The van der Waals surface area contributed by atoms with E-state index in [1.807, 2.05) is 23.9 Å². The molecule has 0 aliphatic heterocycles. The standard InChI is InChI=1S/C13H16N4/c1-10-4-5-11(2)17(10)15-8-12-6-13(7-14)16(3)9-12/h4-6,9,15H,8H2,1-3H3. The Bertz CT molecular complexity index is 549. The van der Waals surface area contributed by atoms with Crippen molar-refractivity contribution in [3.8, 4) is 6.07 Å². The van der Waals surface area contributed by atoms with E-state index in [1.54, 1.807) is 0 Å². The average Bonchev–Trinajstić information content (AvgIpc) is 2.81. The van der Waals surface area contributed by atoms with Crippen molar-refractivity contribution in [3.63, 3.8) is 0 Å². The molecule has 0 aliphatic carbocycles. The molecule has 2 rings (SSSR count). The van der Waals surface area contributed by atoms with E-state index in [-0.39, 0.29) is 0 Å². The maximum Gasteiger partial charge on any atom is 0.120 e. The molecule has 2 heterocycles. The summed E-state index contributed by atoms with van der Waals surface area (Å²) in [5.41, 5.74) is 7.49. The summed E-state index contributed by atoms with van der Waals surface area (Å²) in [7, 11) is 1.88. The molecule has 4 nitrogen and oxygen atoms in total. The fourth-order valence-electron chi connectivity index (χ4n) is 1.93. The zero-order chi connectivity index (χ0) is 12.4. The zero-order valence-corrected chi connectivity index (χ0v) is 10.4. The van der Waals surface area contributed by atoms with Gasteiger partial charge in [-0.25, -0.2) is 0 Å². The van der Waals surface area contributed by atoms with Crippen LogP contribution in [0, 0.1) is 25.2 Å². The highest BCUT2D eigenvalue weighted by atomic mass is 15.4. The smallest absolute Gasteiger partial charge is 0.120 e. The molecule has 0 saturated heterocycles. The second kappa shape index (κ2) is 4.38. The Balaban J connectivity index is 2.10. The van der Waals surface area contributed by atoms with Crippen LogP contribution in [0.4, 0.5) is 0 Å². The van der Waals surface area contributed by atoms with Crippen molar-refractivity contribution in [1.29, 1.82) is 5.26 Å². The summed E-state index contributed by atoms with van der Waals surface area (Å²) in [6.07, 6.45) is 1.97. The first kappa shape index (κ1) is 11.3. The summed E-state index contributed by atoms with van der Waals surface area (Å²) in [6.45, 7) is 4.84. The molecule has 0 fully saturated rings. The summed E-state index contributed by atoms with van der Waals surface area (Å²) >= 11 is 0. The van der Waals surface area contributed by atoms with Gasteiger partial charge < -0.3 is 9.99 Å². The van der Waals surface area contributed by atoms with E-state index in [2.05, 4.69) is 42.2 Å². The molecule has 0 aliphatic rings. The van der Waals surface area contributed by atoms with Gasteiger partial charge in [0.25, 0.3) is 0 Å². The SMILES string of the molecule is Cc1ccc(C)n1NCc1cc(C#N)n(C)c1. The number of aromatic nitrogens is 2. The minimum Gasteiger partial charge on any atom is -0.342 e. The molecule has 0 radical (unpaired) electrons. The van der Waals surface area contributed by atoms with Crippen molar-refractivity contribution in [2.24, 2.45) is 7.05 Å². The predicted molar refractivity (Wildman–Crippen MR) is 67.1 cm³/mol. The molecule has 2 aromatic heterocycles. The quantitative estimate of drug-likeness (QED) is 0.874. The number of nitrogens with zero attached hydrogens (tertiary/aromatic N) is 3. The fourth-order valence-corrected chi connectivity index (χ4v) is 1.93. The zero-order valence-electron chi connectivity index (χ0n) is 10.4. The molecule has 0 spiro atoms. The topological polar surface area (TPSA) is 45.7 Å². The Kier molecular flexibility index (Phi) is 2.92. The normalized spacial score (nSPS) is 10.2. The van der Waals surface area contributed by atoms with Gasteiger partial charge in [0.05, 0.1) is 6.54 Å². The molecule has 4 heteroatoms. The van der Waals surface area contributed by atoms with Crippen molar-refractivity contribution >= 4 is 0 Å². The van der Waals surface area contributed by atoms with Gasteiger partial charge in [0, 0.05) is 24.6 Å². The largest absolute Gasteiger partial charge is 0.342 e. The van der Waals surface area contributed by atoms with Gasteiger partial charge in [0.15, 0.2) is 0 Å². The van der Waals surface area contributed by atoms with Crippen molar-refractivity contribution in [3.05, 3.63) is 47.0 Å². The van der Waals surface area contributed by atoms with Crippen molar-refractivity contribution in [2.75, 3.05) is 5.43 Å². The van der Waals surface area contributed by atoms with Crippen LogP contribution in [0.1, 0.15) is 22.6 Å². The van der Waals surface area contributed by atoms with Gasteiger partial charge in [-0.1, -0.05) is 0 Å². The van der Waals surface area contributed by atoms with Gasteiger partial charge in [-0.3, -0.25) is 4.68 Å². The van der Waals surface area contributed by atoms with Crippen LogP contribution in [0.2, 0.25) is 0 Å². The third kappa shape index (κ3) is 2.18. The first-order valence-corrected chi connectivity index (χ1v) is 5.56. The second-order valence-electron chi connectivity index (χ2n) is 4.24. The molecule has 17 heavy (non-hydrogen) atoms. The number of nitriles is 1. The molecule has 2 aromatic rings. The average molecular weight is 228 g/mol. The third-order valence-corrected chi connectivity index (χ3v) is 2.89. The highest BCUT2D eigenvalue weighted by molar-refractivity contribution is 5.29. The summed E-state index contributed by atoms with van der Waals surface area (Å²) < 4.78 is 3.89. The van der Waals surface area contributed by atoms with Crippen LogP contribution in [0.3, 0.4) is 0 Å². The molecule has 0 saturated carbocycles. The molecular formula is C13H16N4. The lowest BCUT2D eigenvalue weighted by atomic mass is 10.3. The lowest BCUT2D eigenvalue weighted by Gasteiger charge is -2.11. The van der Waals surface area contributed by atoms with Crippen LogP contribution in [-0.2, 0) is 13.6 Å². The summed E-state index contributed by atoms with van der Waals surface area (Å²) in [5, 5.41) is 8.88. The molecular weight excluding hydrogens is 212 g/mol. The van der Waals surface area contributed by atoms with Crippen molar-refractivity contribution in [2.45, 2.75) is 20.4 Å². The number of hydrogen-bond acceptors (Lipinski definition) is 2. The number of aryl methyl sites for hydroxylation is 3. The van der Waals surface area contributed by atoms with E-state index in [4.69, 9.17) is 5.26 Å². The molecule has 1 N–H and O–H groups in total. The predicted octanol–water partition coefficient (Wildman–Crippen LogP) is 2.06. The Labute approximate surface area is 101 Å². The van der Waals surface area contributed by atoms with Gasteiger partial charge in [-0.2, -0.15) is 5.26 Å². The van der Waals surface area contributed by atoms with Crippen molar-refractivity contribution in [1.82, 2.24) is 9.24 Å². The second-order valence-corrected chi connectivity index (χ2v) is 4.24. The molecule has 88 valence electrons. The maximum atomic E-state index is 8.88. The van der Waals surface area contributed by atoms with Crippen LogP contribution in [-0.4, -0.2) is 9.24 Å². The van der Waals surface area contributed by atoms with Gasteiger partial charge in [0.2, 0.25) is 0 Å². The monoisotopic (exact) mass is 228 g/mol. The van der Waals surface area contributed by atoms with Crippen LogP contribution in [0.5, 0.6) is 0 Å². The molecule has 0 amide bonds. The van der Waals surface area contributed by atoms with Crippen LogP contribution in [0.25, 0.3) is 0 Å². The Morgan fingerprint density at radius 2 is 1.94 bits per heavy atom. The van der Waals surface area contributed by atoms with Gasteiger partial charge >= 0.3 is 0 Å². The maximum absolute atomic E-state index is 8.88. The first-order valence-electron chi connectivity index (χ1n) is 5.56. The minimum absolute atomic E-state index is 0.683. The molecule has 0 aromatic carbocycles. The summed E-state index contributed by atoms with van der Waals surface area (Å²) in [6, 6.07) is 8.22. The van der Waals surface area contributed by atoms with Crippen LogP contribution < -0.4 is 5.43 Å². The van der Waals surface area contributed by atoms with Crippen LogP contribution in [0.15, 0.2) is 24.4 Å². The lowest BCUT2D eigenvalue weighted by Crippen LogP contribution is -2.16. The van der Waals surface area contributed by atoms with Gasteiger partial charge in [-0.15, -0.1) is 0 Å². The van der Waals surface area contributed by atoms with E-state index in [1.165, 1.54) is 11.4 Å². The number of rotatable bonds is 3. The minimum atomic E-state index is 0.683. The van der Waals surface area contributed by atoms with Gasteiger partial charge in [0.1, 0.15) is 11.8 Å². The Hall–Kier alpha value is -2.15. The summed E-state index contributed by atoms with van der Waals surface area (Å²) in [4.78, 5) is 0. The fraction of sp³-hybridized carbons (Fsp3) is 0.308. The van der Waals surface area contributed by atoms with E-state index in [9.17, 15) is 0 Å². The van der Waals surface area contributed by atoms with E-state index >= 15 is 0 Å².